The predicted octanol–water partition coefficient (Wildman–Crippen LogP) is 0.185. The number of sulfonamides is 1. The van der Waals surface area contributed by atoms with Gasteiger partial charge >= 0.3 is 0 Å². The number of piperidine rings is 1. The van der Waals surface area contributed by atoms with Crippen molar-refractivity contribution in [1.82, 2.24) is 14.3 Å². The van der Waals surface area contributed by atoms with Crippen molar-refractivity contribution < 1.29 is 13.2 Å². The summed E-state index contributed by atoms with van der Waals surface area (Å²) in [7, 11) is -3.10. The van der Waals surface area contributed by atoms with Gasteiger partial charge in [0, 0.05) is 37.9 Å². The summed E-state index contributed by atoms with van der Waals surface area (Å²) in [6.07, 6.45) is 5.60. The molecule has 1 aromatic heterocycles. The summed E-state index contributed by atoms with van der Waals surface area (Å²) in [6, 6.07) is 1.77. The van der Waals surface area contributed by atoms with Crippen molar-refractivity contribution >= 4 is 16.0 Å². The number of ether oxygens (including phenoxy) is 1. The number of hydrogen-bond donors (Lipinski definition) is 1. The fraction of sp³-hybridized carbons (Fsp3) is 0.692. The van der Waals surface area contributed by atoms with E-state index in [-0.39, 0.29) is 12.0 Å². The van der Waals surface area contributed by atoms with Crippen LogP contribution < -0.4 is 5.32 Å². The Balaban J connectivity index is 1.57. The topological polar surface area (TPSA) is 84.4 Å². The number of anilines is 1. The second-order valence-corrected chi connectivity index (χ2v) is 7.64. The molecule has 2 aliphatic heterocycles. The minimum atomic E-state index is -3.10. The highest BCUT2D eigenvalue weighted by Gasteiger charge is 2.42. The summed E-state index contributed by atoms with van der Waals surface area (Å²) in [5.41, 5.74) is 0. The summed E-state index contributed by atoms with van der Waals surface area (Å²) < 4.78 is 30.7. The highest BCUT2D eigenvalue weighted by atomic mass is 32.2. The first kappa shape index (κ1) is 14.7. The quantitative estimate of drug-likeness (QED) is 0.854. The van der Waals surface area contributed by atoms with Crippen LogP contribution in [0.25, 0.3) is 0 Å². The van der Waals surface area contributed by atoms with E-state index in [1.54, 1.807) is 22.8 Å². The summed E-state index contributed by atoms with van der Waals surface area (Å²) in [5, 5.41) is 3.18. The summed E-state index contributed by atoms with van der Waals surface area (Å²) in [4.78, 5) is 8.25. The average molecular weight is 312 g/mol. The zero-order chi connectivity index (χ0) is 14.9. The molecule has 3 atom stereocenters. The smallest absolute Gasteiger partial charge is 0.222 e. The van der Waals surface area contributed by atoms with Crippen LogP contribution >= 0.6 is 0 Å². The lowest BCUT2D eigenvalue weighted by molar-refractivity contribution is 0.0981. The van der Waals surface area contributed by atoms with E-state index >= 15 is 0 Å². The number of nitrogens with one attached hydrogen (secondary N) is 1. The molecule has 2 saturated heterocycles. The van der Waals surface area contributed by atoms with Crippen LogP contribution in [-0.2, 0) is 14.8 Å². The van der Waals surface area contributed by atoms with Gasteiger partial charge in [0.05, 0.1) is 19.0 Å². The van der Waals surface area contributed by atoms with Crippen LogP contribution in [0.4, 0.5) is 5.95 Å². The lowest BCUT2D eigenvalue weighted by atomic mass is 9.85. The van der Waals surface area contributed by atoms with Crippen LogP contribution in [-0.4, -0.2) is 61.3 Å². The lowest BCUT2D eigenvalue weighted by Gasteiger charge is -2.34. The molecule has 3 rings (SSSR count). The van der Waals surface area contributed by atoms with E-state index in [1.165, 1.54) is 6.26 Å². The molecule has 0 radical (unpaired) electrons. The zero-order valence-electron chi connectivity index (χ0n) is 12.0. The van der Waals surface area contributed by atoms with Crippen molar-refractivity contribution in [3.63, 3.8) is 0 Å². The van der Waals surface area contributed by atoms with Crippen LogP contribution in [0.5, 0.6) is 0 Å². The SMILES string of the molecule is CS(=O)(=O)N1CC[C@@H]2[C@@H](CO[C@H]2CNc2ncccn2)C1. The Labute approximate surface area is 124 Å². The summed E-state index contributed by atoms with van der Waals surface area (Å²) >= 11 is 0. The van der Waals surface area contributed by atoms with Crippen molar-refractivity contribution in [1.29, 1.82) is 0 Å². The molecule has 1 aromatic rings. The van der Waals surface area contributed by atoms with Gasteiger partial charge in [-0.25, -0.2) is 22.7 Å². The molecule has 0 aliphatic carbocycles. The lowest BCUT2D eigenvalue weighted by Crippen LogP contribution is -2.44. The second-order valence-electron chi connectivity index (χ2n) is 5.66. The van der Waals surface area contributed by atoms with E-state index in [0.29, 0.717) is 38.1 Å². The molecule has 8 heteroatoms. The van der Waals surface area contributed by atoms with Crippen LogP contribution in [0.2, 0.25) is 0 Å². The molecular weight excluding hydrogens is 292 g/mol. The summed E-state index contributed by atoms with van der Waals surface area (Å²) in [5.74, 6) is 1.29. The minimum absolute atomic E-state index is 0.0977. The van der Waals surface area contributed by atoms with Gasteiger partial charge < -0.3 is 10.1 Å². The molecule has 7 nitrogen and oxygen atoms in total. The van der Waals surface area contributed by atoms with Gasteiger partial charge in [-0.05, 0) is 18.4 Å². The molecule has 3 heterocycles. The average Bonchev–Trinajstić information content (AvgIpc) is 2.87. The van der Waals surface area contributed by atoms with Gasteiger partial charge in [-0.3, -0.25) is 0 Å². The van der Waals surface area contributed by atoms with Gasteiger partial charge in [-0.15, -0.1) is 0 Å². The minimum Gasteiger partial charge on any atom is -0.376 e. The molecule has 21 heavy (non-hydrogen) atoms. The Morgan fingerprint density at radius 2 is 2.19 bits per heavy atom. The maximum atomic E-state index is 11.6. The van der Waals surface area contributed by atoms with Crippen LogP contribution in [0, 0.1) is 11.8 Å². The Kier molecular flexibility index (Phi) is 4.10. The standard InChI is InChI=1S/C13H20N4O3S/c1-21(18,19)17-6-3-11-10(8-17)9-20-12(11)7-16-13-14-4-2-5-15-13/h2,4-5,10-12H,3,6-9H2,1H3,(H,14,15,16)/t10-,11-,12+/m1/s1. The molecular formula is C13H20N4O3S. The number of aromatic nitrogens is 2. The molecule has 0 unspecified atom stereocenters. The predicted molar refractivity (Wildman–Crippen MR) is 78.3 cm³/mol. The van der Waals surface area contributed by atoms with Gasteiger partial charge in [-0.1, -0.05) is 0 Å². The van der Waals surface area contributed by atoms with Crippen LogP contribution in [0.15, 0.2) is 18.5 Å². The maximum Gasteiger partial charge on any atom is 0.222 e. The van der Waals surface area contributed by atoms with E-state index in [4.69, 9.17) is 4.74 Å². The van der Waals surface area contributed by atoms with Gasteiger partial charge in [0.2, 0.25) is 16.0 Å². The van der Waals surface area contributed by atoms with Crippen molar-refractivity contribution in [3.8, 4) is 0 Å². The van der Waals surface area contributed by atoms with Crippen molar-refractivity contribution in [2.24, 2.45) is 11.8 Å². The van der Waals surface area contributed by atoms with Crippen LogP contribution in [0.3, 0.4) is 0 Å². The highest BCUT2D eigenvalue weighted by molar-refractivity contribution is 7.88. The molecule has 0 spiro atoms. The van der Waals surface area contributed by atoms with Gasteiger partial charge in [0.1, 0.15) is 0 Å². The van der Waals surface area contributed by atoms with Gasteiger partial charge in [0.15, 0.2) is 0 Å². The highest BCUT2D eigenvalue weighted by Crippen LogP contribution is 2.35. The van der Waals surface area contributed by atoms with Gasteiger partial charge in [0.25, 0.3) is 0 Å². The van der Waals surface area contributed by atoms with E-state index in [1.807, 2.05) is 0 Å². The third-order valence-electron chi connectivity index (χ3n) is 4.25. The number of hydrogen-bond acceptors (Lipinski definition) is 6. The molecule has 0 bridgehead atoms. The van der Waals surface area contributed by atoms with Crippen molar-refractivity contribution in [2.45, 2.75) is 12.5 Å². The van der Waals surface area contributed by atoms with Crippen molar-refractivity contribution in [2.75, 3.05) is 37.8 Å². The Morgan fingerprint density at radius 1 is 1.43 bits per heavy atom. The molecule has 2 aliphatic rings. The van der Waals surface area contributed by atoms with E-state index in [9.17, 15) is 8.42 Å². The van der Waals surface area contributed by atoms with Crippen molar-refractivity contribution in [3.05, 3.63) is 18.5 Å². The monoisotopic (exact) mass is 312 g/mol. The fourth-order valence-electron chi connectivity index (χ4n) is 3.15. The Hall–Kier alpha value is -1.25. The Morgan fingerprint density at radius 3 is 2.90 bits per heavy atom. The Bertz CT molecular complexity index is 580. The second kappa shape index (κ2) is 5.86. The fourth-order valence-corrected chi connectivity index (χ4v) is 4.05. The molecule has 116 valence electrons. The van der Waals surface area contributed by atoms with E-state index in [0.717, 1.165) is 6.42 Å². The van der Waals surface area contributed by atoms with E-state index < -0.39 is 10.0 Å². The number of fused-ring (bicyclic) bond motifs is 1. The molecule has 0 saturated carbocycles. The van der Waals surface area contributed by atoms with Crippen LogP contribution in [0.1, 0.15) is 6.42 Å². The third-order valence-corrected chi connectivity index (χ3v) is 5.52. The first-order chi connectivity index (χ1) is 10.0. The molecule has 2 fully saturated rings. The third kappa shape index (κ3) is 3.33. The summed E-state index contributed by atoms with van der Waals surface area (Å²) in [6.45, 7) is 2.44. The van der Waals surface area contributed by atoms with E-state index in [2.05, 4.69) is 15.3 Å². The molecule has 0 aromatic carbocycles. The molecule has 0 amide bonds. The van der Waals surface area contributed by atoms with Gasteiger partial charge in [-0.2, -0.15) is 0 Å². The number of nitrogens with zero attached hydrogens (tertiary/aromatic N) is 3. The molecule has 1 N–H and O–H groups in total. The first-order valence-electron chi connectivity index (χ1n) is 7.11. The largest absolute Gasteiger partial charge is 0.376 e. The zero-order valence-corrected chi connectivity index (χ0v) is 12.8. The normalized spacial score (nSPS) is 30.0. The first-order valence-corrected chi connectivity index (χ1v) is 8.96. The maximum absolute atomic E-state index is 11.6. The number of rotatable bonds is 4.